The molecule has 5 rings (SSSR count). The number of nitrogens with zero attached hydrogens (tertiary/aromatic N) is 3. The number of rotatable bonds is 3. The predicted molar refractivity (Wildman–Crippen MR) is 115 cm³/mol. The molecule has 0 bridgehead atoms. The Morgan fingerprint density at radius 3 is 2.24 bits per heavy atom. The number of carbonyl (C=O) groups excluding carboxylic acids is 1. The molecule has 0 aliphatic heterocycles. The Hall–Kier alpha value is -4.19. The van der Waals surface area contributed by atoms with Gasteiger partial charge in [0.25, 0.3) is 0 Å². The molecule has 0 aliphatic carbocycles. The Labute approximate surface area is 166 Å². The lowest BCUT2D eigenvalue weighted by Crippen LogP contribution is -2.20. The molecule has 3 aromatic carbocycles. The van der Waals surface area contributed by atoms with Crippen molar-refractivity contribution < 1.29 is 4.79 Å². The lowest BCUT2D eigenvalue weighted by Gasteiger charge is -2.09. The summed E-state index contributed by atoms with van der Waals surface area (Å²) in [6.45, 7) is 0. The number of aromatic nitrogens is 3. The SMILES string of the molecule is O=C(Nc1ccccc1)Nc1nc2ccccc2c2nn(-c3ccccc3)cc12. The van der Waals surface area contributed by atoms with E-state index in [9.17, 15) is 4.79 Å². The summed E-state index contributed by atoms with van der Waals surface area (Å²) in [5.74, 6) is 0.467. The van der Waals surface area contributed by atoms with E-state index in [2.05, 4.69) is 15.6 Å². The van der Waals surface area contributed by atoms with Crippen LogP contribution in [0.3, 0.4) is 0 Å². The number of anilines is 2. The smallest absolute Gasteiger partial charge is 0.308 e. The molecule has 0 saturated heterocycles. The van der Waals surface area contributed by atoms with E-state index >= 15 is 0 Å². The van der Waals surface area contributed by atoms with Gasteiger partial charge in [-0.05, 0) is 30.3 Å². The molecule has 0 spiro atoms. The summed E-state index contributed by atoms with van der Waals surface area (Å²) in [6, 6.07) is 26.6. The van der Waals surface area contributed by atoms with Gasteiger partial charge in [0, 0.05) is 17.3 Å². The Bertz CT molecular complexity index is 1310. The van der Waals surface area contributed by atoms with Gasteiger partial charge in [-0.2, -0.15) is 5.10 Å². The average Bonchev–Trinajstić information content (AvgIpc) is 3.21. The first-order chi connectivity index (χ1) is 14.3. The van der Waals surface area contributed by atoms with Crippen molar-refractivity contribution >= 4 is 39.3 Å². The van der Waals surface area contributed by atoms with Crippen LogP contribution >= 0.6 is 0 Å². The number of fused-ring (bicyclic) bond motifs is 3. The van der Waals surface area contributed by atoms with Crippen LogP contribution in [0.1, 0.15) is 0 Å². The van der Waals surface area contributed by atoms with E-state index < -0.39 is 0 Å². The molecule has 0 fully saturated rings. The monoisotopic (exact) mass is 379 g/mol. The molecule has 2 amide bonds. The van der Waals surface area contributed by atoms with Crippen molar-refractivity contribution in [3.63, 3.8) is 0 Å². The quantitative estimate of drug-likeness (QED) is 0.452. The Morgan fingerprint density at radius 1 is 0.759 bits per heavy atom. The Balaban J connectivity index is 1.60. The normalized spacial score (nSPS) is 10.9. The van der Waals surface area contributed by atoms with Crippen LogP contribution in [0.2, 0.25) is 0 Å². The number of pyridine rings is 1. The van der Waals surface area contributed by atoms with Crippen molar-refractivity contribution in [2.45, 2.75) is 0 Å². The van der Waals surface area contributed by atoms with Gasteiger partial charge < -0.3 is 5.32 Å². The van der Waals surface area contributed by atoms with Gasteiger partial charge >= 0.3 is 6.03 Å². The predicted octanol–water partition coefficient (Wildman–Crippen LogP) is 5.22. The molecule has 2 heterocycles. The third-order valence-corrected chi connectivity index (χ3v) is 4.65. The van der Waals surface area contributed by atoms with E-state index in [1.54, 1.807) is 4.68 Å². The number of nitrogens with one attached hydrogen (secondary N) is 2. The minimum Gasteiger partial charge on any atom is -0.308 e. The second-order valence-electron chi connectivity index (χ2n) is 6.59. The lowest BCUT2D eigenvalue weighted by atomic mass is 10.1. The van der Waals surface area contributed by atoms with E-state index in [-0.39, 0.29) is 6.03 Å². The maximum absolute atomic E-state index is 12.5. The molecule has 29 heavy (non-hydrogen) atoms. The van der Waals surface area contributed by atoms with E-state index in [1.165, 1.54) is 0 Å². The molecular weight excluding hydrogens is 362 g/mol. The average molecular weight is 379 g/mol. The molecule has 0 saturated carbocycles. The minimum absolute atomic E-state index is 0.354. The number of benzene rings is 3. The molecule has 0 radical (unpaired) electrons. The van der Waals surface area contributed by atoms with E-state index in [1.807, 2.05) is 91.1 Å². The summed E-state index contributed by atoms with van der Waals surface area (Å²) in [4.78, 5) is 17.2. The molecule has 5 aromatic rings. The number of carbonyl (C=O) groups is 1. The maximum atomic E-state index is 12.5. The fourth-order valence-electron chi connectivity index (χ4n) is 3.30. The second-order valence-corrected chi connectivity index (χ2v) is 6.59. The highest BCUT2D eigenvalue weighted by Crippen LogP contribution is 2.29. The van der Waals surface area contributed by atoms with Crippen LogP contribution in [0.5, 0.6) is 0 Å². The summed E-state index contributed by atoms with van der Waals surface area (Å²) in [7, 11) is 0. The van der Waals surface area contributed by atoms with Crippen LogP contribution < -0.4 is 10.6 Å². The topological polar surface area (TPSA) is 71.8 Å². The number of hydrogen-bond acceptors (Lipinski definition) is 3. The highest BCUT2D eigenvalue weighted by molar-refractivity contribution is 6.11. The van der Waals surface area contributed by atoms with Crippen molar-refractivity contribution in [1.82, 2.24) is 14.8 Å². The lowest BCUT2D eigenvalue weighted by molar-refractivity contribution is 0.262. The summed E-state index contributed by atoms with van der Waals surface area (Å²) in [5, 5.41) is 12.2. The third kappa shape index (κ3) is 3.27. The Morgan fingerprint density at radius 2 is 1.45 bits per heavy atom. The van der Waals surface area contributed by atoms with Crippen molar-refractivity contribution in [3.05, 3.63) is 91.1 Å². The molecule has 0 aliphatic rings. The first kappa shape index (κ1) is 16.9. The molecule has 2 N–H and O–H groups in total. The zero-order valence-corrected chi connectivity index (χ0v) is 15.4. The number of hydrogen-bond donors (Lipinski definition) is 2. The molecule has 6 nitrogen and oxygen atoms in total. The summed E-state index contributed by atoms with van der Waals surface area (Å²) < 4.78 is 1.80. The van der Waals surface area contributed by atoms with Gasteiger partial charge in [-0.3, -0.25) is 5.32 Å². The molecule has 140 valence electrons. The van der Waals surface area contributed by atoms with Gasteiger partial charge in [0.2, 0.25) is 0 Å². The van der Waals surface area contributed by atoms with Crippen molar-refractivity contribution in [2.75, 3.05) is 10.6 Å². The molecule has 0 atom stereocenters. The van der Waals surface area contributed by atoms with E-state index in [4.69, 9.17) is 5.10 Å². The highest BCUT2D eigenvalue weighted by atomic mass is 16.2. The first-order valence-electron chi connectivity index (χ1n) is 9.24. The van der Waals surface area contributed by atoms with Crippen LogP contribution in [0, 0.1) is 0 Å². The molecule has 6 heteroatoms. The fraction of sp³-hybridized carbons (Fsp3) is 0. The number of urea groups is 1. The van der Waals surface area contributed by atoms with Crippen LogP contribution in [0.25, 0.3) is 27.5 Å². The fourth-order valence-corrected chi connectivity index (χ4v) is 3.30. The Kier molecular flexibility index (Phi) is 4.14. The van der Waals surface area contributed by atoms with Gasteiger partial charge in [-0.25, -0.2) is 14.5 Å². The zero-order valence-electron chi connectivity index (χ0n) is 15.4. The van der Waals surface area contributed by atoms with Gasteiger partial charge in [-0.15, -0.1) is 0 Å². The van der Waals surface area contributed by atoms with Crippen molar-refractivity contribution in [3.8, 4) is 5.69 Å². The summed E-state index contributed by atoms with van der Waals surface area (Å²) in [6.07, 6.45) is 1.89. The van der Waals surface area contributed by atoms with Gasteiger partial charge in [0.05, 0.1) is 16.6 Å². The first-order valence-corrected chi connectivity index (χ1v) is 9.24. The molecule has 0 unspecified atom stereocenters. The molecule has 2 aromatic heterocycles. The van der Waals surface area contributed by atoms with Gasteiger partial charge in [0.1, 0.15) is 11.3 Å². The highest BCUT2D eigenvalue weighted by Gasteiger charge is 2.15. The van der Waals surface area contributed by atoms with Crippen LogP contribution in [-0.4, -0.2) is 20.8 Å². The van der Waals surface area contributed by atoms with Crippen LogP contribution in [-0.2, 0) is 0 Å². The second kappa shape index (κ2) is 7.09. The standard InChI is InChI=1S/C23H17N5O/c29-23(24-16-9-3-1-4-10-16)26-22-19-15-28(17-11-5-2-6-12-17)27-21(19)18-13-7-8-14-20(18)25-22/h1-15H,(H2,24,25,26,29). The third-order valence-electron chi connectivity index (χ3n) is 4.65. The number of amides is 2. The maximum Gasteiger partial charge on any atom is 0.324 e. The zero-order chi connectivity index (χ0) is 19.6. The summed E-state index contributed by atoms with van der Waals surface area (Å²) in [5.41, 5.74) is 3.21. The van der Waals surface area contributed by atoms with Crippen molar-refractivity contribution in [2.24, 2.45) is 0 Å². The van der Waals surface area contributed by atoms with Crippen LogP contribution in [0.15, 0.2) is 91.1 Å². The number of para-hydroxylation sites is 3. The molecular formula is C23H17N5O. The largest absolute Gasteiger partial charge is 0.324 e. The van der Waals surface area contributed by atoms with Crippen molar-refractivity contribution in [1.29, 1.82) is 0 Å². The van der Waals surface area contributed by atoms with Gasteiger partial charge in [-0.1, -0.05) is 54.6 Å². The minimum atomic E-state index is -0.354. The van der Waals surface area contributed by atoms with Crippen LogP contribution in [0.4, 0.5) is 16.3 Å². The van der Waals surface area contributed by atoms with Gasteiger partial charge in [0.15, 0.2) is 0 Å². The van der Waals surface area contributed by atoms with E-state index in [0.29, 0.717) is 11.5 Å². The van der Waals surface area contributed by atoms with E-state index in [0.717, 1.165) is 27.5 Å². The summed E-state index contributed by atoms with van der Waals surface area (Å²) >= 11 is 0.